The molecule has 3 N–H and O–H groups in total. The van der Waals surface area contributed by atoms with Crippen LogP contribution in [0.5, 0.6) is 0 Å². The van der Waals surface area contributed by atoms with Crippen molar-refractivity contribution in [1.29, 1.82) is 5.26 Å². The molecule has 1 aromatic carbocycles. The van der Waals surface area contributed by atoms with Crippen LogP contribution in [-0.4, -0.2) is 21.0 Å². The van der Waals surface area contributed by atoms with Gasteiger partial charge in [0.1, 0.15) is 0 Å². The Hall–Kier alpha value is -1.42. The first-order valence-corrected chi connectivity index (χ1v) is 8.16. The fourth-order valence-electron chi connectivity index (χ4n) is 1.98. The third-order valence-electron chi connectivity index (χ3n) is 3.11. The van der Waals surface area contributed by atoms with E-state index >= 15 is 0 Å². The monoisotopic (exact) mass is 295 g/mol. The van der Waals surface area contributed by atoms with Crippen molar-refractivity contribution in [2.75, 3.05) is 6.54 Å². The zero-order valence-electron chi connectivity index (χ0n) is 11.9. The first-order valence-electron chi connectivity index (χ1n) is 6.67. The van der Waals surface area contributed by atoms with Gasteiger partial charge >= 0.3 is 0 Å². The Bertz CT molecular complexity index is 591. The van der Waals surface area contributed by atoms with Gasteiger partial charge in [0.25, 0.3) is 0 Å². The molecule has 1 aromatic rings. The Morgan fingerprint density at radius 1 is 1.45 bits per heavy atom. The Morgan fingerprint density at radius 3 is 2.65 bits per heavy atom. The minimum absolute atomic E-state index is 0.200. The topological polar surface area (TPSA) is 96.0 Å². The van der Waals surface area contributed by atoms with Crippen LogP contribution in [0, 0.1) is 18.3 Å². The third-order valence-corrected chi connectivity index (χ3v) is 4.79. The summed E-state index contributed by atoms with van der Waals surface area (Å²) < 4.78 is 27.3. The van der Waals surface area contributed by atoms with Gasteiger partial charge in [-0.15, -0.1) is 0 Å². The number of nitrogens with one attached hydrogen (secondary N) is 1. The van der Waals surface area contributed by atoms with Gasteiger partial charge in [-0.25, -0.2) is 13.1 Å². The van der Waals surface area contributed by atoms with Crippen molar-refractivity contribution in [2.45, 2.75) is 44.0 Å². The number of hydrogen-bond acceptors (Lipinski definition) is 4. The van der Waals surface area contributed by atoms with Crippen LogP contribution in [0.2, 0.25) is 0 Å². The lowest BCUT2D eigenvalue weighted by Gasteiger charge is -2.17. The summed E-state index contributed by atoms with van der Waals surface area (Å²) in [6.45, 7) is 4.00. The predicted molar refractivity (Wildman–Crippen MR) is 78.6 cm³/mol. The number of sulfonamides is 1. The van der Waals surface area contributed by atoms with Crippen LogP contribution >= 0.6 is 0 Å². The van der Waals surface area contributed by atoms with Crippen molar-refractivity contribution in [3.63, 3.8) is 0 Å². The molecule has 20 heavy (non-hydrogen) atoms. The van der Waals surface area contributed by atoms with Gasteiger partial charge in [-0.05, 0) is 37.1 Å². The molecule has 1 atom stereocenters. The van der Waals surface area contributed by atoms with E-state index in [0.717, 1.165) is 19.3 Å². The van der Waals surface area contributed by atoms with E-state index in [-0.39, 0.29) is 17.5 Å². The number of benzene rings is 1. The average Bonchev–Trinajstić information content (AvgIpc) is 2.42. The van der Waals surface area contributed by atoms with Crippen LogP contribution in [0.15, 0.2) is 23.1 Å². The van der Waals surface area contributed by atoms with Crippen LogP contribution in [0.3, 0.4) is 0 Å². The van der Waals surface area contributed by atoms with E-state index in [9.17, 15) is 8.42 Å². The van der Waals surface area contributed by atoms with Gasteiger partial charge in [-0.3, -0.25) is 0 Å². The Balaban J connectivity index is 2.96. The van der Waals surface area contributed by atoms with Crippen molar-refractivity contribution in [3.05, 3.63) is 29.3 Å². The van der Waals surface area contributed by atoms with Gasteiger partial charge in [0, 0.05) is 12.6 Å². The van der Waals surface area contributed by atoms with Crippen molar-refractivity contribution in [2.24, 2.45) is 5.73 Å². The maximum atomic E-state index is 12.3. The molecule has 5 nitrogen and oxygen atoms in total. The molecule has 0 bridgehead atoms. The molecular weight excluding hydrogens is 274 g/mol. The van der Waals surface area contributed by atoms with Crippen molar-refractivity contribution < 1.29 is 8.42 Å². The summed E-state index contributed by atoms with van der Waals surface area (Å²) in [4.78, 5) is 0.200. The standard InChI is InChI=1S/C14H21N3O2S/c1-3-4-5-13(10-16)17-20(18,19)14-7-6-12(9-15)8-11(14)2/h6-8,13,17H,3-5,10,16H2,1-2H3/t13-/m0/s1. The van der Waals surface area contributed by atoms with E-state index < -0.39 is 10.0 Å². The minimum Gasteiger partial charge on any atom is -0.329 e. The van der Waals surface area contributed by atoms with E-state index in [1.54, 1.807) is 13.0 Å². The predicted octanol–water partition coefficient (Wildman–Crippen LogP) is 1.66. The minimum atomic E-state index is -3.60. The van der Waals surface area contributed by atoms with Gasteiger partial charge < -0.3 is 5.73 Å². The quantitative estimate of drug-likeness (QED) is 0.799. The van der Waals surface area contributed by atoms with E-state index in [0.29, 0.717) is 11.1 Å². The molecule has 0 heterocycles. The molecule has 0 saturated heterocycles. The molecule has 0 unspecified atom stereocenters. The number of unbranched alkanes of at least 4 members (excludes halogenated alkanes) is 1. The highest BCUT2D eigenvalue weighted by Crippen LogP contribution is 2.17. The van der Waals surface area contributed by atoms with E-state index in [2.05, 4.69) is 4.72 Å². The molecule has 0 fully saturated rings. The lowest BCUT2D eigenvalue weighted by atomic mass is 10.1. The van der Waals surface area contributed by atoms with Gasteiger partial charge in [-0.1, -0.05) is 19.8 Å². The molecule has 0 aromatic heterocycles. The van der Waals surface area contributed by atoms with Crippen LogP contribution in [0.4, 0.5) is 0 Å². The van der Waals surface area contributed by atoms with Gasteiger partial charge in [0.15, 0.2) is 0 Å². The second-order valence-electron chi connectivity index (χ2n) is 4.79. The maximum absolute atomic E-state index is 12.3. The molecule has 0 amide bonds. The summed E-state index contributed by atoms with van der Waals surface area (Å²) >= 11 is 0. The highest BCUT2D eigenvalue weighted by molar-refractivity contribution is 7.89. The van der Waals surface area contributed by atoms with Gasteiger partial charge in [-0.2, -0.15) is 5.26 Å². The Morgan fingerprint density at radius 2 is 2.15 bits per heavy atom. The number of nitrogens with zero attached hydrogens (tertiary/aromatic N) is 1. The molecular formula is C14H21N3O2S. The van der Waals surface area contributed by atoms with E-state index in [1.165, 1.54) is 12.1 Å². The Kier molecular flexibility index (Phi) is 6.14. The van der Waals surface area contributed by atoms with Crippen LogP contribution in [0.25, 0.3) is 0 Å². The molecule has 1 rings (SSSR count). The summed E-state index contributed by atoms with van der Waals surface area (Å²) in [5, 5.41) is 8.80. The highest BCUT2D eigenvalue weighted by atomic mass is 32.2. The molecule has 0 radical (unpaired) electrons. The maximum Gasteiger partial charge on any atom is 0.241 e. The van der Waals surface area contributed by atoms with Crippen molar-refractivity contribution >= 4 is 10.0 Å². The number of nitriles is 1. The zero-order valence-corrected chi connectivity index (χ0v) is 12.7. The number of hydrogen-bond donors (Lipinski definition) is 2. The zero-order chi connectivity index (χ0) is 15.2. The van der Waals surface area contributed by atoms with Crippen LogP contribution < -0.4 is 10.5 Å². The molecule has 0 aliphatic rings. The molecule has 110 valence electrons. The average molecular weight is 295 g/mol. The van der Waals surface area contributed by atoms with Crippen molar-refractivity contribution in [3.8, 4) is 6.07 Å². The van der Waals surface area contributed by atoms with Crippen molar-refractivity contribution in [1.82, 2.24) is 4.72 Å². The largest absolute Gasteiger partial charge is 0.329 e. The van der Waals surface area contributed by atoms with E-state index in [4.69, 9.17) is 11.0 Å². The molecule has 0 spiro atoms. The fourth-order valence-corrected chi connectivity index (χ4v) is 3.49. The second kappa shape index (κ2) is 7.39. The third kappa shape index (κ3) is 4.30. The summed E-state index contributed by atoms with van der Waals surface area (Å²) in [5.74, 6) is 0. The normalized spacial score (nSPS) is 12.9. The molecule has 0 aliphatic carbocycles. The Labute approximate surface area is 120 Å². The van der Waals surface area contributed by atoms with Gasteiger partial charge in [0.2, 0.25) is 10.0 Å². The fraction of sp³-hybridized carbons (Fsp3) is 0.500. The molecule has 6 heteroatoms. The lowest BCUT2D eigenvalue weighted by molar-refractivity contribution is 0.516. The summed E-state index contributed by atoms with van der Waals surface area (Å²) in [6, 6.07) is 6.27. The van der Waals surface area contributed by atoms with E-state index in [1.807, 2.05) is 13.0 Å². The van der Waals surface area contributed by atoms with Crippen LogP contribution in [-0.2, 0) is 10.0 Å². The number of aryl methyl sites for hydroxylation is 1. The van der Waals surface area contributed by atoms with Gasteiger partial charge in [0.05, 0.1) is 16.5 Å². The first-order chi connectivity index (χ1) is 9.44. The summed E-state index contributed by atoms with van der Waals surface area (Å²) in [7, 11) is -3.60. The first kappa shape index (κ1) is 16.6. The SMILES string of the molecule is CCCC[C@@H](CN)NS(=O)(=O)c1ccc(C#N)cc1C. The lowest BCUT2D eigenvalue weighted by Crippen LogP contribution is -2.40. The van der Waals surface area contributed by atoms with Crippen LogP contribution in [0.1, 0.15) is 37.3 Å². The smallest absolute Gasteiger partial charge is 0.241 e. The summed E-state index contributed by atoms with van der Waals surface area (Å²) in [5.41, 5.74) is 6.62. The molecule has 0 aliphatic heterocycles. The number of rotatable bonds is 7. The summed E-state index contributed by atoms with van der Waals surface area (Å²) in [6.07, 6.45) is 2.65. The highest BCUT2D eigenvalue weighted by Gasteiger charge is 2.20. The second-order valence-corrected chi connectivity index (χ2v) is 6.47. The molecule has 0 saturated carbocycles. The number of nitrogens with two attached hydrogens (primary N) is 1.